The van der Waals surface area contributed by atoms with Gasteiger partial charge in [-0.05, 0) is 24.6 Å². The van der Waals surface area contributed by atoms with Crippen LogP contribution in [0.3, 0.4) is 0 Å². The third-order valence-electron chi connectivity index (χ3n) is 5.08. The quantitative estimate of drug-likeness (QED) is 0.708. The van der Waals surface area contributed by atoms with Crippen molar-refractivity contribution in [3.05, 3.63) is 29.3 Å². The van der Waals surface area contributed by atoms with Crippen LogP contribution in [-0.4, -0.2) is 83.2 Å². The summed E-state index contributed by atoms with van der Waals surface area (Å²) in [7, 11) is 0. The number of amides is 2. The summed E-state index contributed by atoms with van der Waals surface area (Å²) in [5, 5.41) is 18.2. The SMILES string of the molecule is Cc1ccc(C(=O)O)cc1N1C(=O)C[C@H](N2CCN(CCO)CC2)C1=O. The summed E-state index contributed by atoms with van der Waals surface area (Å²) in [6, 6.07) is 3.95. The van der Waals surface area contributed by atoms with E-state index in [1.807, 2.05) is 4.90 Å². The van der Waals surface area contributed by atoms with Gasteiger partial charge < -0.3 is 10.2 Å². The lowest BCUT2D eigenvalue weighted by atomic mass is 10.1. The molecule has 3 rings (SSSR count). The van der Waals surface area contributed by atoms with Crippen LogP contribution < -0.4 is 4.90 Å². The van der Waals surface area contributed by atoms with E-state index in [1.165, 1.54) is 12.1 Å². The zero-order valence-electron chi connectivity index (χ0n) is 14.7. The van der Waals surface area contributed by atoms with Crippen molar-refractivity contribution in [3.8, 4) is 0 Å². The Morgan fingerprint density at radius 2 is 1.88 bits per heavy atom. The van der Waals surface area contributed by atoms with E-state index in [1.54, 1.807) is 13.0 Å². The zero-order valence-corrected chi connectivity index (χ0v) is 14.7. The van der Waals surface area contributed by atoms with E-state index < -0.39 is 12.0 Å². The topological polar surface area (TPSA) is 101 Å². The molecule has 8 heteroatoms. The van der Waals surface area contributed by atoms with Crippen molar-refractivity contribution in [1.29, 1.82) is 0 Å². The fourth-order valence-electron chi connectivity index (χ4n) is 3.58. The summed E-state index contributed by atoms with van der Waals surface area (Å²) >= 11 is 0. The molecule has 2 N–H and O–H groups in total. The summed E-state index contributed by atoms with van der Waals surface area (Å²) in [6.07, 6.45) is 0.107. The molecule has 8 nitrogen and oxygen atoms in total. The number of carboxylic acid groups (broad SMARTS) is 1. The number of carboxylic acids is 1. The van der Waals surface area contributed by atoms with Crippen molar-refractivity contribution >= 4 is 23.5 Å². The van der Waals surface area contributed by atoms with Gasteiger partial charge in [0.15, 0.2) is 0 Å². The van der Waals surface area contributed by atoms with Crippen LogP contribution in [0.5, 0.6) is 0 Å². The normalized spacial score (nSPS) is 22.2. The Balaban J connectivity index is 1.78. The van der Waals surface area contributed by atoms with Gasteiger partial charge in [-0.1, -0.05) is 6.07 Å². The van der Waals surface area contributed by atoms with Crippen molar-refractivity contribution in [2.45, 2.75) is 19.4 Å². The minimum atomic E-state index is -1.10. The van der Waals surface area contributed by atoms with E-state index in [2.05, 4.69) is 4.90 Å². The Labute approximate surface area is 151 Å². The molecule has 2 aliphatic heterocycles. The molecule has 2 amide bonds. The molecule has 2 fully saturated rings. The number of nitrogens with zero attached hydrogens (tertiary/aromatic N) is 3. The van der Waals surface area contributed by atoms with Gasteiger partial charge in [-0.15, -0.1) is 0 Å². The summed E-state index contributed by atoms with van der Waals surface area (Å²) in [6.45, 7) is 5.27. The summed E-state index contributed by atoms with van der Waals surface area (Å²) in [4.78, 5) is 41.9. The number of aromatic carboxylic acids is 1. The first-order chi connectivity index (χ1) is 12.4. The van der Waals surface area contributed by atoms with Crippen LogP contribution in [0.2, 0.25) is 0 Å². The number of aliphatic hydroxyl groups excluding tert-OH is 1. The monoisotopic (exact) mass is 361 g/mol. The largest absolute Gasteiger partial charge is 0.478 e. The number of aliphatic hydroxyl groups is 1. The number of rotatable bonds is 5. The van der Waals surface area contributed by atoms with Gasteiger partial charge in [-0.2, -0.15) is 0 Å². The molecular weight excluding hydrogens is 338 g/mol. The maximum Gasteiger partial charge on any atom is 0.335 e. The molecule has 0 aliphatic carbocycles. The molecule has 1 aromatic rings. The predicted octanol–water partition coefficient (Wildman–Crippen LogP) is -0.0650. The highest BCUT2D eigenvalue weighted by Crippen LogP contribution is 2.29. The Morgan fingerprint density at radius 3 is 2.50 bits per heavy atom. The fourth-order valence-corrected chi connectivity index (χ4v) is 3.58. The van der Waals surface area contributed by atoms with Crippen molar-refractivity contribution in [2.75, 3.05) is 44.2 Å². The average molecular weight is 361 g/mol. The van der Waals surface area contributed by atoms with Gasteiger partial charge in [0.2, 0.25) is 5.91 Å². The molecule has 140 valence electrons. The highest BCUT2D eigenvalue weighted by atomic mass is 16.4. The van der Waals surface area contributed by atoms with Crippen LogP contribution in [0.4, 0.5) is 5.69 Å². The Morgan fingerprint density at radius 1 is 1.19 bits per heavy atom. The first-order valence-corrected chi connectivity index (χ1v) is 8.70. The number of aryl methyl sites for hydroxylation is 1. The van der Waals surface area contributed by atoms with E-state index in [9.17, 15) is 19.5 Å². The lowest BCUT2D eigenvalue weighted by molar-refractivity contribution is -0.123. The second-order valence-electron chi connectivity index (χ2n) is 6.69. The standard InChI is InChI=1S/C18H23N3O5/c1-12-2-3-13(18(25)26)10-14(12)21-16(23)11-15(17(21)24)20-6-4-19(5-7-20)8-9-22/h2-3,10,15,22H,4-9,11H2,1H3,(H,25,26)/t15-/m0/s1. The van der Waals surface area contributed by atoms with E-state index in [0.717, 1.165) is 18.0 Å². The number of carbonyl (C=O) groups is 3. The Kier molecular flexibility index (Phi) is 5.36. The summed E-state index contributed by atoms with van der Waals surface area (Å²) in [5.41, 5.74) is 1.08. The highest BCUT2D eigenvalue weighted by Gasteiger charge is 2.43. The number of carbonyl (C=O) groups excluding carboxylic acids is 2. The number of β-amino-alcohol motifs (C(OH)–C–C–N with tert-alkyl or cyclic N) is 1. The van der Waals surface area contributed by atoms with Crippen LogP contribution >= 0.6 is 0 Å². The van der Waals surface area contributed by atoms with Crippen LogP contribution in [0.1, 0.15) is 22.3 Å². The lowest BCUT2D eigenvalue weighted by Crippen LogP contribution is -2.53. The second kappa shape index (κ2) is 7.53. The molecule has 0 saturated carbocycles. The second-order valence-corrected chi connectivity index (χ2v) is 6.69. The number of piperazine rings is 1. The summed E-state index contributed by atoms with van der Waals surface area (Å²) < 4.78 is 0. The fraction of sp³-hybridized carbons (Fsp3) is 0.500. The number of imide groups is 1. The smallest absolute Gasteiger partial charge is 0.335 e. The molecule has 0 aromatic heterocycles. The third kappa shape index (κ3) is 3.48. The highest BCUT2D eigenvalue weighted by molar-refractivity contribution is 6.23. The molecule has 2 heterocycles. The van der Waals surface area contributed by atoms with Crippen LogP contribution in [-0.2, 0) is 9.59 Å². The van der Waals surface area contributed by atoms with Gasteiger partial charge in [0, 0.05) is 32.7 Å². The molecule has 1 atom stereocenters. The lowest BCUT2D eigenvalue weighted by Gasteiger charge is -2.36. The van der Waals surface area contributed by atoms with E-state index >= 15 is 0 Å². The van der Waals surface area contributed by atoms with Gasteiger partial charge in [0.1, 0.15) is 0 Å². The maximum atomic E-state index is 12.9. The molecule has 0 unspecified atom stereocenters. The Hall–Kier alpha value is -2.29. The van der Waals surface area contributed by atoms with Crippen LogP contribution in [0.15, 0.2) is 18.2 Å². The molecule has 1 aromatic carbocycles. The summed E-state index contributed by atoms with van der Waals surface area (Å²) in [5.74, 6) is -1.69. The van der Waals surface area contributed by atoms with Crippen LogP contribution in [0.25, 0.3) is 0 Å². The van der Waals surface area contributed by atoms with Crippen LogP contribution in [0, 0.1) is 6.92 Å². The predicted molar refractivity (Wildman–Crippen MR) is 94.1 cm³/mol. The first kappa shape index (κ1) is 18.5. The molecule has 2 saturated heterocycles. The van der Waals surface area contributed by atoms with Gasteiger partial charge in [-0.25, -0.2) is 9.69 Å². The zero-order chi connectivity index (χ0) is 18.8. The molecule has 26 heavy (non-hydrogen) atoms. The molecule has 0 bridgehead atoms. The number of hydrogen-bond donors (Lipinski definition) is 2. The van der Waals surface area contributed by atoms with Crippen molar-refractivity contribution in [3.63, 3.8) is 0 Å². The first-order valence-electron chi connectivity index (χ1n) is 8.70. The average Bonchev–Trinajstić information content (AvgIpc) is 2.91. The number of benzene rings is 1. The Bertz CT molecular complexity index is 728. The number of anilines is 1. The van der Waals surface area contributed by atoms with Gasteiger partial charge in [0.05, 0.1) is 30.3 Å². The molecular formula is C18H23N3O5. The number of hydrogen-bond acceptors (Lipinski definition) is 6. The molecule has 0 radical (unpaired) electrons. The minimum absolute atomic E-state index is 0.0484. The van der Waals surface area contributed by atoms with Gasteiger partial charge in [-0.3, -0.25) is 19.4 Å². The minimum Gasteiger partial charge on any atom is -0.478 e. The third-order valence-corrected chi connectivity index (χ3v) is 5.08. The van der Waals surface area contributed by atoms with E-state index in [4.69, 9.17) is 5.11 Å². The van der Waals surface area contributed by atoms with Gasteiger partial charge in [0.25, 0.3) is 5.91 Å². The van der Waals surface area contributed by atoms with Crippen molar-refractivity contribution in [1.82, 2.24) is 9.80 Å². The van der Waals surface area contributed by atoms with E-state index in [-0.39, 0.29) is 30.4 Å². The van der Waals surface area contributed by atoms with E-state index in [0.29, 0.717) is 30.9 Å². The maximum absolute atomic E-state index is 12.9. The van der Waals surface area contributed by atoms with Crippen molar-refractivity contribution in [2.24, 2.45) is 0 Å². The van der Waals surface area contributed by atoms with Crippen molar-refractivity contribution < 1.29 is 24.6 Å². The molecule has 0 spiro atoms. The van der Waals surface area contributed by atoms with Gasteiger partial charge >= 0.3 is 5.97 Å². The molecule has 2 aliphatic rings.